The second-order valence-electron chi connectivity index (χ2n) is 6.20. The third-order valence-corrected chi connectivity index (χ3v) is 4.44. The summed E-state index contributed by atoms with van der Waals surface area (Å²) in [7, 11) is 3.26. The molecule has 6 heteroatoms. The maximum atomic E-state index is 6.05. The molecule has 0 aliphatic carbocycles. The lowest BCUT2D eigenvalue weighted by atomic mass is 9.97. The van der Waals surface area contributed by atoms with Crippen LogP contribution < -0.4 is 20.5 Å². The van der Waals surface area contributed by atoms with Gasteiger partial charge in [-0.1, -0.05) is 6.92 Å². The number of nitrogens with one attached hydrogen (secondary N) is 1. The molecular formula is C18H30N4O2. The van der Waals surface area contributed by atoms with E-state index in [9.17, 15) is 0 Å². The number of piperidine rings is 1. The predicted molar refractivity (Wildman–Crippen MR) is 99.1 cm³/mol. The molecule has 1 saturated heterocycles. The first-order valence-corrected chi connectivity index (χ1v) is 8.67. The van der Waals surface area contributed by atoms with Gasteiger partial charge in [-0.05, 0) is 56.9 Å². The minimum absolute atomic E-state index is 0.414. The molecule has 1 fully saturated rings. The zero-order valence-electron chi connectivity index (χ0n) is 15.0. The summed E-state index contributed by atoms with van der Waals surface area (Å²) in [6.07, 6.45) is 3.61. The molecule has 134 valence electrons. The smallest absolute Gasteiger partial charge is 0.193 e. The average molecular weight is 334 g/mol. The summed E-state index contributed by atoms with van der Waals surface area (Å²) in [6, 6.07) is 5.55. The number of anilines is 1. The summed E-state index contributed by atoms with van der Waals surface area (Å²) in [5.41, 5.74) is 6.81. The van der Waals surface area contributed by atoms with E-state index in [0.29, 0.717) is 17.6 Å². The maximum Gasteiger partial charge on any atom is 0.193 e. The van der Waals surface area contributed by atoms with Crippen LogP contribution in [-0.2, 0) is 0 Å². The molecule has 1 aromatic rings. The number of ether oxygens (including phenoxy) is 2. The molecule has 1 heterocycles. The Kier molecular flexibility index (Phi) is 7.18. The van der Waals surface area contributed by atoms with Crippen LogP contribution in [0.4, 0.5) is 5.69 Å². The molecule has 1 aliphatic rings. The van der Waals surface area contributed by atoms with E-state index in [2.05, 4.69) is 22.1 Å². The van der Waals surface area contributed by atoms with Gasteiger partial charge in [-0.25, -0.2) is 0 Å². The minimum Gasteiger partial charge on any atom is -0.497 e. The van der Waals surface area contributed by atoms with Crippen LogP contribution in [-0.4, -0.2) is 51.3 Å². The molecule has 3 N–H and O–H groups in total. The van der Waals surface area contributed by atoms with Crippen LogP contribution in [0.3, 0.4) is 0 Å². The van der Waals surface area contributed by atoms with Gasteiger partial charge in [-0.2, -0.15) is 0 Å². The lowest BCUT2D eigenvalue weighted by Gasteiger charge is -2.30. The van der Waals surface area contributed by atoms with E-state index < -0.39 is 0 Å². The normalized spacial score (nSPS) is 16.9. The zero-order chi connectivity index (χ0) is 17.4. The number of hydrogen-bond acceptors (Lipinski definition) is 4. The molecule has 0 unspecified atom stereocenters. The summed E-state index contributed by atoms with van der Waals surface area (Å²) in [4.78, 5) is 7.04. The van der Waals surface area contributed by atoms with Crippen LogP contribution >= 0.6 is 0 Å². The summed E-state index contributed by atoms with van der Waals surface area (Å²) in [5.74, 6) is 2.49. The van der Waals surface area contributed by atoms with Crippen molar-refractivity contribution in [3.8, 4) is 11.5 Å². The van der Waals surface area contributed by atoms with Crippen LogP contribution in [0.5, 0.6) is 11.5 Å². The highest BCUT2D eigenvalue weighted by Crippen LogP contribution is 2.28. The van der Waals surface area contributed by atoms with Gasteiger partial charge in [0.2, 0.25) is 0 Å². The van der Waals surface area contributed by atoms with Gasteiger partial charge in [-0.3, -0.25) is 4.99 Å². The number of benzene rings is 1. The Balaban J connectivity index is 1.88. The maximum absolute atomic E-state index is 6.05. The lowest BCUT2D eigenvalue weighted by molar-refractivity contribution is 0.188. The van der Waals surface area contributed by atoms with Crippen LogP contribution in [0.25, 0.3) is 0 Å². The fraction of sp³-hybridized carbons (Fsp3) is 0.611. The van der Waals surface area contributed by atoms with Gasteiger partial charge in [-0.15, -0.1) is 0 Å². The van der Waals surface area contributed by atoms with Crippen molar-refractivity contribution in [2.24, 2.45) is 16.6 Å². The number of guanidine groups is 1. The Bertz CT molecular complexity index is 540. The lowest BCUT2D eigenvalue weighted by Crippen LogP contribution is -2.35. The van der Waals surface area contributed by atoms with E-state index in [-0.39, 0.29) is 0 Å². The molecule has 24 heavy (non-hydrogen) atoms. The van der Waals surface area contributed by atoms with Crippen molar-refractivity contribution >= 4 is 11.6 Å². The molecule has 6 nitrogen and oxygen atoms in total. The van der Waals surface area contributed by atoms with Gasteiger partial charge in [0.15, 0.2) is 5.96 Å². The molecule has 0 amide bonds. The SMILES string of the molecule is CCCN1CCC(CN=C(N)Nc2cc(OC)ccc2OC)CC1. The summed E-state index contributed by atoms with van der Waals surface area (Å²) in [6.45, 7) is 6.55. The first kappa shape index (κ1) is 18.4. The number of rotatable bonds is 7. The van der Waals surface area contributed by atoms with Gasteiger partial charge in [0.1, 0.15) is 11.5 Å². The van der Waals surface area contributed by atoms with E-state index in [4.69, 9.17) is 15.2 Å². The van der Waals surface area contributed by atoms with E-state index in [1.807, 2.05) is 18.2 Å². The van der Waals surface area contributed by atoms with Crippen molar-refractivity contribution < 1.29 is 9.47 Å². The first-order valence-electron chi connectivity index (χ1n) is 8.67. The molecule has 2 rings (SSSR count). The Hall–Kier alpha value is -1.95. The molecule has 0 atom stereocenters. The van der Waals surface area contributed by atoms with Gasteiger partial charge >= 0.3 is 0 Å². The fourth-order valence-corrected chi connectivity index (χ4v) is 3.03. The molecule has 0 aromatic heterocycles. The molecule has 0 radical (unpaired) electrons. The summed E-state index contributed by atoms with van der Waals surface area (Å²) >= 11 is 0. The quantitative estimate of drug-likeness (QED) is 0.592. The molecular weight excluding hydrogens is 304 g/mol. The van der Waals surface area contributed by atoms with Crippen molar-refractivity contribution in [2.45, 2.75) is 26.2 Å². The number of aliphatic imine (C=N–C) groups is 1. The highest BCUT2D eigenvalue weighted by atomic mass is 16.5. The van der Waals surface area contributed by atoms with E-state index in [0.717, 1.165) is 18.0 Å². The van der Waals surface area contributed by atoms with Crippen LogP contribution in [0.1, 0.15) is 26.2 Å². The van der Waals surface area contributed by atoms with Crippen molar-refractivity contribution in [1.82, 2.24) is 4.90 Å². The first-order chi connectivity index (χ1) is 11.7. The van der Waals surface area contributed by atoms with Crippen molar-refractivity contribution in [3.05, 3.63) is 18.2 Å². The fourth-order valence-electron chi connectivity index (χ4n) is 3.03. The Morgan fingerprint density at radius 1 is 1.29 bits per heavy atom. The van der Waals surface area contributed by atoms with Gasteiger partial charge in [0.05, 0.1) is 19.9 Å². The Labute approximate surface area is 145 Å². The van der Waals surface area contributed by atoms with E-state index >= 15 is 0 Å². The monoisotopic (exact) mass is 334 g/mol. The summed E-state index contributed by atoms with van der Waals surface area (Å²) < 4.78 is 10.6. The van der Waals surface area contributed by atoms with E-state index in [1.54, 1.807) is 14.2 Å². The Morgan fingerprint density at radius 2 is 2.04 bits per heavy atom. The topological polar surface area (TPSA) is 72.1 Å². The molecule has 1 aliphatic heterocycles. The third-order valence-electron chi connectivity index (χ3n) is 4.44. The van der Waals surface area contributed by atoms with Gasteiger partial charge in [0.25, 0.3) is 0 Å². The number of likely N-dealkylation sites (tertiary alicyclic amines) is 1. The van der Waals surface area contributed by atoms with Crippen LogP contribution in [0.15, 0.2) is 23.2 Å². The van der Waals surface area contributed by atoms with Gasteiger partial charge in [0, 0.05) is 12.6 Å². The summed E-state index contributed by atoms with van der Waals surface area (Å²) in [5, 5.41) is 3.12. The molecule has 0 bridgehead atoms. The molecule has 0 saturated carbocycles. The van der Waals surface area contributed by atoms with Crippen molar-refractivity contribution in [2.75, 3.05) is 45.7 Å². The average Bonchev–Trinajstić information content (AvgIpc) is 2.61. The highest BCUT2D eigenvalue weighted by Gasteiger charge is 2.18. The standard InChI is InChI=1S/C18H30N4O2/c1-4-9-22-10-7-14(8-11-22)13-20-18(19)21-16-12-15(23-2)5-6-17(16)24-3/h5-6,12,14H,4,7-11,13H2,1-3H3,(H3,19,20,21). The van der Waals surface area contributed by atoms with Crippen molar-refractivity contribution in [3.63, 3.8) is 0 Å². The number of nitrogens with zero attached hydrogens (tertiary/aromatic N) is 2. The number of nitrogens with two attached hydrogens (primary N) is 1. The number of hydrogen-bond donors (Lipinski definition) is 2. The highest BCUT2D eigenvalue weighted by molar-refractivity contribution is 5.94. The second-order valence-corrected chi connectivity index (χ2v) is 6.20. The van der Waals surface area contributed by atoms with Crippen LogP contribution in [0, 0.1) is 5.92 Å². The second kappa shape index (κ2) is 9.37. The third kappa shape index (κ3) is 5.30. The minimum atomic E-state index is 0.414. The van der Waals surface area contributed by atoms with Crippen LogP contribution in [0.2, 0.25) is 0 Å². The van der Waals surface area contributed by atoms with Crippen molar-refractivity contribution in [1.29, 1.82) is 0 Å². The number of methoxy groups -OCH3 is 2. The predicted octanol–water partition coefficient (Wildman–Crippen LogP) is 2.55. The Morgan fingerprint density at radius 3 is 2.67 bits per heavy atom. The largest absolute Gasteiger partial charge is 0.497 e. The zero-order valence-corrected chi connectivity index (χ0v) is 15.0. The molecule has 1 aromatic carbocycles. The van der Waals surface area contributed by atoms with E-state index in [1.165, 1.54) is 38.9 Å². The van der Waals surface area contributed by atoms with Gasteiger partial charge < -0.3 is 25.4 Å². The molecule has 0 spiro atoms.